The fourth-order valence-electron chi connectivity index (χ4n) is 1.77. The number of aryl methyl sites for hydroxylation is 1. The average Bonchev–Trinajstić information content (AvgIpc) is 2.44. The van der Waals surface area contributed by atoms with Crippen LogP contribution in [0.1, 0.15) is 18.9 Å². The molecule has 0 amide bonds. The molecule has 0 aliphatic heterocycles. The van der Waals surface area contributed by atoms with Crippen LogP contribution in [0.15, 0.2) is 30.3 Å². The summed E-state index contributed by atoms with van der Waals surface area (Å²) >= 11 is 6.08. The molecule has 2 rings (SSSR count). The van der Waals surface area contributed by atoms with E-state index >= 15 is 0 Å². The van der Waals surface area contributed by atoms with Crippen molar-refractivity contribution >= 4 is 17.3 Å². The van der Waals surface area contributed by atoms with Gasteiger partial charge in [0.1, 0.15) is 5.75 Å². The Morgan fingerprint density at radius 1 is 1.14 bits per heavy atom. The fourth-order valence-corrected chi connectivity index (χ4v) is 1.92. The SMILES string of the molecule is CCCOc1cc(Oc2cc(C)ccc2Cl)c(N)cc1F. The monoisotopic (exact) mass is 309 g/mol. The Balaban J connectivity index is 2.32. The van der Waals surface area contributed by atoms with Crippen molar-refractivity contribution in [3.8, 4) is 17.2 Å². The van der Waals surface area contributed by atoms with Crippen LogP contribution in [-0.4, -0.2) is 6.61 Å². The summed E-state index contributed by atoms with van der Waals surface area (Å²) < 4.78 is 24.8. The van der Waals surface area contributed by atoms with Gasteiger partial charge in [-0.15, -0.1) is 0 Å². The van der Waals surface area contributed by atoms with Crippen molar-refractivity contribution < 1.29 is 13.9 Å². The third-order valence-electron chi connectivity index (χ3n) is 2.83. The Labute approximate surface area is 128 Å². The maximum absolute atomic E-state index is 13.7. The molecule has 0 fully saturated rings. The highest BCUT2D eigenvalue weighted by Crippen LogP contribution is 2.36. The number of nitrogen functional groups attached to an aromatic ring is 1. The number of halogens is 2. The smallest absolute Gasteiger partial charge is 0.167 e. The fraction of sp³-hybridized carbons (Fsp3) is 0.250. The molecule has 112 valence electrons. The highest BCUT2D eigenvalue weighted by Gasteiger charge is 2.12. The lowest BCUT2D eigenvalue weighted by Gasteiger charge is -2.13. The number of rotatable bonds is 5. The third kappa shape index (κ3) is 3.79. The molecule has 0 saturated carbocycles. The number of hydrogen-bond donors (Lipinski definition) is 1. The van der Waals surface area contributed by atoms with Crippen LogP contribution in [0.25, 0.3) is 0 Å². The predicted molar refractivity (Wildman–Crippen MR) is 82.9 cm³/mol. The van der Waals surface area contributed by atoms with Crippen LogP contribution in [0.3, 0.4) is 0 Å². The number of benzene rings is 2. The normalized spacial score (nSPS) is 10.5. The van der Waals surface area contributed by atoms with E-state index in [9.17, 15) is 4.39 Å². The molecule has 21 heavy (non-hydrogen) atoms. The number of nitrogens with two attached hydrogens (primary N) is 1. The van der Waals surface area contributed by atoms with Gasteiger partial charge in [0.2, 0.25) is 0 Å². The average molecular weight is 310 g/mol. The lowest BCUT2D eigenvalue weighted by molar-refractivity contribution is 0.300. The van der Waals surface area contributed by atoms with Crippen molar-refractivity contribution in [3.05, 3.63) is 46.7 Å². The van der Waals surface area contributed by atoms with E-state index < -0.39 is 5.82 Å². The van der Waals surface area contributed by atoms with Crippen molar-refractivity contribution in [1.29, 1.82) is 0 Å². The molecule has 0 radical (unpaired) electrons. The summed E-state index contributed by atoms with van der Waals surface area (Å²) in [7, 11) is 0. The van der Waals surface area contributed by atoms with E-state index in [-0.39, 0.29) is 11.4 Å². The second-order valence-corrected chi connectivity index (χ2v) is 5.11. The molecule has 2 N–H and O–H groups in total. The molecule has 3 nitrogen and oxygen atoms in total. The second kappa shape index (κ2) is 6.68. The number of hydrogen-bond acceptors (Lipinski definition) is 3. The standard InChI is InChI=1S/C16H17ClFNO2/c1-3-6-20-15-9-16(13(19)8-12(15)18)21-14-7-10(2)4-5-11(14)17/h4-5,7-9H,3,6,19H2,1-2H3. The van der Waals surface area contributed by atoms with Crippen molar-refractivity contribution in [2.24, 2.45) is 0 Å². The van der Waals surface area contributed by atoms with Crippen molar-refractivity contribution in [1.82, 2.24) is 0 Å². The van der Waals surface area contributed by atoms with Crippen LogP contribution in [-0.2, 0) is 0 Å². The maximum Gasteiger partial charge on any atom is 0.167 e. The van der Waals surface area contributed by atoms with Gasteiger partial charge >= 0.3 is 0 Å². The minimum absolute atomic E-state index is 0.116. The van der Waals surface area contributed by atoms with Gasteiger partial charge in [-0.3, -0.25) is 0 Å². The molecular weight excluding hydrogens is 293 g/mol. The van der Waals surface area contributed by atoms with Gasteiger partial charge in [-0.2, -0.15) is 0 Å². The molecule has 0 aromatic heterocycles. The molecule has 0 atom stereocenters. The van der Waals surface area contributed by atoms with Gasteiger partial charge < -0.3 is 15.2 Å². The molecule has 2 aromatic carbocycles. The van der Waals surface area contributed by atoms with Crippen molar-refractivity contribution in [2.45, 2.75) is 20.3 Å². The first-order valence-electron chi connectivity index (χ1n) is 6.67. The summed E-state index contributed by atoms with van der Waals surface area (Å²) in [6, 6.07) is 8.03. The Bertz CT molecular complexity index is 646. The molecule has 0 aliphatic rings. The topological polar surface area (TPSA) is 44.5 Å². The van der Waals surface area contributed by atoms with Crippen molar-refractivity contribution in [3.63, 3.8) is 0 Å². The summed E-state index contributed by atoms with van der Waals surface area (Å²) in [6.07, 6.45) is 0.781. The first-order chi connectivity index (χ1) is 10.0. The minimum Gasteiger partial charge on any atom is -0.490 e. The zero-order valence-corrected chi connectivity index (χ0v) is 12.7. The summed E-state index contributed by atoms with van der Waals surface area (Å²) in [5.41, 5.74) is 6.98. The van der Waals surface area contributed by atoms with E-state index in [1.165, 1.54) is 12.1 Å². The van der Waals surface area contributed by atoms with Crippen LogP contribution in [0, 0.1) is 12.7 Å². The molecule has 0 saturated heterocycles. The largest absolute Gasteiger partial charge is 0.490 e. The van der Waals surface area contributed by atoms with E-state index in [0.29, 0.717) is 23.1 Å². The second-order valence-electron chi connectivity index (χ2n) is 4.70. The molecule has 5 heteroatoms. The van der Waals surface area contributed by atoms with E-state index in [1.807, 2.05) is 19.9 Å². The number of anilines is 1. The van der Waals surface area contributed by atoms with Gasteiger partial charge in [-0.1, -0.05) is 24.6 Å². The maximum atomic E-state index is 13.7. The zero-order chi connectivity index (χ0) is 15.4. The molecule has 0 bridgehead atoms. The van der Waals surface area contributed by atoms with E-state index in [2.05, 4.69) is 0 Å². The van der Waals surface area contributed by atoms with Crippen LogP contribution in [0.4, 0.5) is 10.1 Å². The summed E-state index contributed by atoms with van der Waals surface area (Å²) in [5, 5.41) is 0.459. The van der Waals surface area contributed by atoms with Crippen molar-refractivity contribution in [2.75, 3.05) is 12.3 Å². The highest BCUT2D eigenvalue weighted by molar-refractivity contribution is 6.32. The van der Waals surface area contributed by atoms with Crippen LogP contribution in [0.5, 0.6) is 17.2 Å². The van der Waals surface area contributed by atoms with Crippen LogP contribution < -0.4 is 15.2 Å². The molecule has 0 spiro atoms. The number of ether oxygens (including phenoxy) is 2. The predicted octanol–water partition coefficient (Wildman–Crippen LogP) is 4.95. The molecule has 0 unspecified atom stereocenters. The minimum atomic E-state index is -0.511. The van der Waals surface area contributed by atoms with E-state index in [0.717, 1.165) is 12.0 Å². The van der Waals surface area contributed by atoms with Gasteiger partial charge in [0, 0.05) is 12.1 Å². The first kappa shape index (κ1) is 15.4. The van der Waals surface area contributed by atoms with Crippen LogP contribution >= 0.6 is 11.6 Å². The lowest BCUT2D eigenvalue weighted by atomic mass is 10.2. The van der Waals surface area contributed by atoms with Crippen LogP contribution in [0.2, 0.25) is 5.02 Å². The molecular formula is C16H17ClFNO2. The molecule has 2 aromatic rings. The molecule has 0 aliphatic carbocycles. The highest BCUT2D eigenvalue weighted by atomic mass is 35.5. The Morgan fingerprint density at radius 2 is 1.90 bits per heavy atom. The lowest BCUT2D eigenvalue weighted by Crippen LogP contribution is -2.00. The van der Waals surface area contributed by atoms with Gasteiger partial charge in [0.15, 0.2) is 17.3 Å². The van der Waals surface area contributed by atoms with Gasteiger partial charge in [0.05, 0.1) is 17.3 Å². The summed E-state index contributed by atoms with van der Waals surface area (Å²) in [4.78, 5) is 0. The van der Waals surface area contributed by atoms with Gasteiger partial charge in [-0.05, 0) is 31.0 Å². The van der Waals surface area contributed by atoms with Gasteiger partial charge in [-0.25, -0.2) is 4.39 Å². The van der Waals surface area contributed by atoms with E-state index in [4.69, 9.17) is 26.8 Å². The summed E-state index contributed by atoms with van der Waals surface area (Å²) in [5.74, 6) is 0.389. The molecule has 0 heterocycles. The van der Waals surface area contributed by atoms with Gasteiger partial charge in [0.25, 0.3) is 0 Å². The quantitative estimate of drug-likeness (QED) is 0.795. The zero-order valence-electron chi connectivity index (χ0n) is 12.0. The Morgan fingerprint density at radius 3 is 2.62 bits per heavy atom. The Hall–Kier alpha value is -1.94. The summed E-state index contributed by atoms with van der Waals surface area (Å²) in [6.45, 7) is 4.29. The van der Waals surface area contributed by atoms with E-state index in [1.54, 1.807) is 12.1 Å². The third-order valence-corrected chi connectivity index (χ3v) is 3.14. The Kier molecular flexibility index (Phi) is 4.91. The first-order valence-corrected chi connectivity index (χ1v) is 7.05.